The van der Waals surface area contributed by atoms with E-state index in [2.05, 4.69) is 15.4 Å². The van der Waals surface area contributed by atoms with E-state index in [4.69, 9.17) is 28.6 Å². The second kappa shape index (κ2) is 10.9. The van der Waals surface area contributed by atoms with Crippen molar-refractivity contribution in [3.8, 4) is 0 Å². The number of esters is 1. The number of fused-ring (bicyclic) bond motifs is 1. The largest absolute Gasteiger partial charge is 0.465 e. The van der Waals surface area contributed by atoms with E-state index in [0.717, 1.165) is 37.7 Å². The van der Waals surface area contributed by atoms with Gasteiger partial charge in [0.2, 0.25) is 0 Å². The highest BCUT2D eigenvalue weighted by atomic mass is 35.5. The van der Waals surface area contributed by atoms with E-state index < -0.39 is 10.0 Å². The zero-order valence-corrected chi connectivity index (χ0v) is 22.1. The molecule has 0 fully saturated rings. The number of hydrogen-bond donors (Lipinski definition) is 3. The Bertz CT molecular complexity index is 1340. The molecule has 11 heteroatoms. The molecule has 0 spiro atoms. The number of rotatable bonds is 6. The third kappa shape index (κ3) is 6.13. The third-order valence-electron chi connectivity index (χ3n) is 5.56. The van der Waals surface area contributed by atoms with Gasteiger partial charge in [0.1, 0.15) is 5.00 Å². The van der Waals surface area contributed by atoms with E-state index in [1.165, 1.54) is 35.5 Å². The summed E-state index contributed by atoms with van der Waals surface area (Å²) in [4.78, 5) is 13.8. The van der Waals surface area contributed by atoms with E-state index in [9.17, 15) is 13.2 Å². The molecule has 0 saturated carbocycles. The molecule has 1 aliphatic carbocycles. The van der Waals surface area contributed by atoms with Gasteiger partial charge in [-0.2, -0.15) is 0 Å². The van der Waals surface area contributed by atoms with Crippen molar-refractivity contribution >= 4 is 72.6 Å². The summed E-state index contributed by atoms with van der Waals surface area (Å²) in [6, 6.07) is 12.6. The monoisotopic (exact) mass is 549 g/mol. The smallest absolute Gasteiger partial charge is 0.341 e. The van der Waals surface area contributed by atoms with Crippen molar-refractivity contribution in [3.63, 3.8) is 0 Å². The summed E-state index contributed by atoms with van der Waals surface area (Å²) in [7, 11) is -2.39. The van der Waals surface area contributed by atoms with Crippen LogP contribution in [0, 0.1) is 0 Å². The first-order valence-electron chi connectivity index (χ1n) is 11.0. The lowest BCUT2D eigenvalue weighted by atomic mass is 10.1. The van der Waals surface area contributed by atoms with Gasteiger partial charge in [-0.25, -0.2) is 13.2 Å². The van der Waals surface area contributed by atoms with Crippen molar-refractivity contribution in [1.29, 1.82) is 0 Å². The van der Waals surface area contributed by atoms with Gasteiger partial charge >= 0.3 is 5.97 Å². The van der Waals surface area contributed by atoms with Crippen LogP contribution in [0.2, 0.25) is 5.02 Å². The van der Waals surface area contributed by atoms with Crippen LogP contribution in [0.15, 0.2) is 53.4 Å². The molecule has 0 amide bonds. The quantitative estimate of drug-likeness (QED) is 0.195. The Labute approximate surface area is 218 Å². The number of aryl methyl sites for hydroxylation is 1. The van der Waals surface area contributed by atoms with E-state index in [1.54, 1.807) is 36.4 Å². The molecule has 7 nitrogen and oxygen atoms in total. The first kappa shape index (κ1) is 25.4. The standard InChI is InChI=1S/C24H24ClN3O4S3/c1-32-23(29)21-19-5-3-2-4-6-20(19)34-22(21)27-24(33)26-16-11-13-18(14-12-16)35(30,31)28-17-9-7-15(25)8-10-17/h7-14,28H,2-6H2,1H3,(H2,26,27,33). The van der Waals surface area contributed by atoms with Gasteiger partial charge in [-0.05, 0) is 92.0 Å². The average molecular weight is 550 g/mol. The molecule has 1 heterocycles. The molecule has 184 valence electrons. The normalized spacial score (nSPS) is 13.3. The Morgan fingerprint density at radius 1 is 0.971 bits per heavy atom. The number of hydrogen-bond acceptors (Lipinski definition) is 6. The Balaban J connectivity index is 1.45. The molecule has 2 aromatic carbocycles. The van der Waals surface area contributed by atoms with Crippen molar-refractivity contribution in [2.24, 2.45) is 0 Å². The molecule has 0 atom stereocenters. The van der Waals surface area contributed by atoms with Crippen LogP contribution in [0.5, 0.6) is 0 Å². The molecule has 1 aliphatic rings. The van der Waals surface area contributed by atoms with Gasteiger partial charge in [0, 0.05) is 21.3 Å². The summed E-state index contributed by atoms with van der Waals surface area (Å²) in [5.74, 6) is -0.377. The molecule has 1 aromatic heterocycles. The number of benzene rings is 2. The van der Waals surface area contributed by atoms with Crippen LogP contribution in [-0.2, 0) is 27.6 Å². The number of carbonyl (C=O) groups excluding carboxylic acids is 1. The fraction of sp³-hybridized carbons (Fsp3) is 0.250. The number of anilines is 3. The number of ether oxygens (including phenoxy) is 1. The van der Waals surface area contributed by atoms with E-state index in [1.807, 2.05) is 0 Å². The number of nitrogens with one attached hydrogen (secondary N) is 3. The molecular weight excluding hydrogens is 526 g/mol. The number of sulfonamides is 1. The van der Waals surface area contributed by atoms with Gasteiger partial charge in [0.25, 0.3) is 10.0 Å². The summed E-state index contributed by atoms with van der Waals surface area (Å²) in [6.45, 7) is 0. The molecule has 0 aliphatic heterocycles. The van der Waals surface area contributed by atoms with Crippen LogP contribution < -0.4 is 15.4 Å². The minimum absolute atomic E-state index is 0.104. The topological polar surface area (TPSA) is 96.5 Å². The van der Waals surface area contributed by atoms with Crippen LogP contribution in [0.3, 0.4) is 0 Å². The zero-order valence-electron chi connectivity index (χ0n) is 18.9. The highest BCUT2D eigenvalue weighted by molar-refractivity contribution is 7.92. The average Bonchev–Trinajstić information content (AvgIpc) is 3.00. The van der Waals surface area contributed by atoms with Gasteiger partial charge in [-0.15, -0.1) is 11.3 Å². The summed E-state index contributed by atoms with van der Waals surface area (Å²) in [5, 5.41) is 7.65. The van der Waals surface area contributed by atoms with Crippen molar-refractivity contribution in [1.82, 2.24) is 0 Å². The van der Waals surface area contributed by atoms with Crippen LogP contribution in [0.4, 0.5) is 16.4 Å². The highest BCUT2D eigenvalue weighted by Gasteiger charge is 2.25. The summed E-state index contributed by atoms with van der Waals surface area (Å²) >= 11 is 12.8. The van der Waals surface area contributed by atoms with Crippen molar-refractivity contribution in [2.75, 3.05) is 22.5 Å². The number of thiocarbonyl (C=S) groups is 1. The fourth-order valence-corrected chi connectivity index (χ4v) is 6.61. The van der Waals surface area contributed by atoms with Gasteiger partial charge in [-0.3, -0.25) is 4.72 Å². The van der Waals surface area contributed by atoms with Gasteiger partial charge in [0.15, 0.2) is 5.11 Å². The fourth-order valence-electron chi connectivity index (χ4n) is 3.86. The highest BCUT2D eigenvalue weighted by Crippen LogP contribution is 2.38. The molecule has 35 heavy (non-hydrogen) atoms. The van der Waals surface area contributed by atoms with Gasteiger partial charge < -0.3 is 15.4 Å². The maximum Gasteiger partial charge on any atom is 0.341 e. The molecule has 0 unspecified atom stereocenters. The van der Waals surface area contributed by atoms with Crippen molar-refractivity contribution < 1.29 is 17.9 Å². The Hall–Kier alpha value is -2.66. The molecule has 3 aromatic rings. The zero-order chi connectivity index (χ0) is 25.0. The first-order chi connectivity index (χ1) is 16.8. The second-order valence-electron chi connectivity index (χ2n) is 7.98. The molecule has 0 saturated heterocycles. The van der Waals surface area contributed by atoms with Crippen LogP contribution >= 0.6 is 35.2 Å². The van der Waals surface area contributed by atoms with Crippen LogP contribution in [0.1, 0.15) is 40.1 Å². The lowest BCUT2D eigenvalue weighted by molar-refractivity contribution is 0.0601. The van der Waals surface area contributed by atoms with E-state index in [-0.39, 0.29) is 10.9 Å². The molecule has 3 N–H and O–H groups in total. The van der Waals surface area contributed by atoms with Crippen LogP contribution in [0.25, 0.3) is 0 Å². The Kier molecular flexibility index (Phi) is 7.95. The number of halogens is 1. The summed E-state index contributed by atoms with van der Waals surface area (Å²) < 4.78 is 32.9. The van der Waals surface area contributed by atoms with Gasteiger partial charge in [0.05, 0.1) is 17.6 Å². The summed E-state index contributed by atoms with van der Waals surface area (Å²) in [5.41, 5.74) is 2.61. The molecular formula is C24H24ClN3O4S3. The van der Waals surface area contributed by atoms with E-state index in [0.29, 0.717) is 32.1 Å². The minimum atomic E-state index is -3.76. The Morgan fingerprint density at radius 2 is 1.63 bits per heavy atom. The minimum Gasteiger partial charge on any atom is -0.465 e. The predicted molar refractivity (Wildman–Crippen MR) is 145 cm³/mol. The lowest BCUT2D eigenvalue weighted by Gasteiger charge is -2.12. The van der Waals surface area contributed by atoms with Gasteiger partial charge in [-0.1, -0.05) is 18.0 Å². The SMILES string of the molecule is COC(=O)c1c(NC(=S)Nc2ccc(S(=O)(=O)Nc3ccc(Cl)cc3)cc2)sc2c1CCCCC2. The summed E-state index contributed by atoms with van der Waals surface area (Å²) in [6.07, 6.45) is 5.06. The number of thiophene rings is 1. The maximum atomic E-state index is 12.7. The second-order valence-corrected chi connectivity index (χ2v) is 11.6. The Morgan fingerprint density at radius 3 is 2.31 bits per heavy atom. The third-order valence-corrected chi connectivity index (χ3v) is 8.62. The number of carbonyl (C=O) groups is 1. The van der Waals surface area contributed by atoms with Crippen molar-refractivity contribution in [2.45, 2.75) is 37.0 Å². The molecule has 4 rings (SSSR count). The number of methoxy groups -OCH3 is 1. The maximum absolute atomic E-state index is 12.7. The molecule has 0 bridgehead atoms. The van der Waals surface area contributed by atoms with E-state index >= 15 is 0 Å². The first-order valence-corrected chi connectivity index (χ1v) is 14.0. The molecule has 0 radical (unpaired) electrons. The van der Waals surface area contributed by atoms with Crippen molar-refractivity contribution in [3.05, 3.63) is 69.6 Å². The predicted octanol–water partition coefficient (Wildman–Crippen LogP) is 6.07. The van der Waals surface area contributed by atoms with Crippen LogP contribution in [-0.4, -0.2) is 26.6 Å². The lowest BCUT2D eigenvalue weighted by Crippen LogP contribution is -2.20.